The summed E-state index contributed by atoms with van der Waals surface area (Å²) < 4.78 is 0. The van der Waals surface area contributed by atoms with E-state index >= 15 is 0 Å². The van der Waals surface area contributed by atoms with Crippen LogP contribution in [0.1, 0.15) is 22.3 Å². The van der Waals surface area contributed by atoms with Crippen molar-refractivity contribution in [2.45, 2.75) is 20.8 Å². The normalized spacial score (nSPS) is 11.2. The smallest absolute Gasteiger partial charge is 0.0146 e. The molecule has 0 amide bonds. The van der Waals surface area contributed by atoms with Gasteiger partial charge in [0, 0.05) is 0 Å². The second-order valence-electron chi connectivity index (χ2n) is 4.43. The summed E-state index contributed by atoms with van der Waals surface area (Å²) in [6.07, 6.45) is 5.98. The van der Waals surface area contributed by atoms with E-state index in [0.29, 0.717) is 0 Å². The molecule has 0 unspecified atom stereocenters. The van der Waals surface area contributed by atoms with Crippen molar-refractivity contribution in [2.24, 2.45) is 0 Å². The van der Waals surface area contributed by atoms with Gasteiger partial charge in [-0.1, -0.05) is 49.1 Å². The molecule has 0 heteroatoms. The lowest BCUT2D eigenvalue weighted by Crippen LogP contribution is -1.93. The van der Waals surface area contributed by atoms with Crippen LogP contribution in [0.4, 0.5) is 0 Å². The van der Waals surface area contributed by atoms with Gasteiger partial charge in [0.25, 0.3) is 0 Å². The average Bonchev–Trinajstić information content (AvgIpc) is 2.36. The van der Waals surface area contributed by atoms with Gasteiger partial charge in [-0.3, -0.25) is 0 Å². The minimum absolute atomic E-state index is 1.32. The number of rotatable bonds is 2. The first-order chi connectivity index (χ1) is 8.16. The molecule has 0 saturated heterocycles. The molecule has 0 spiro atoms. The third-order valence-corrected chi connectivity index (χ3v) is 3.50. The fourth-order valence-electron chi connectivity index (χ4n) is 2.38. The molecule has 0 heterocycles. The Labute approximate surface area is 103 Å². The van der Waals surface area contributed by atoms with Crippen LogP contribution in [-0.2, 0) is 0 Å². The van der Waals surface area contributed by atoms with E-state index in [1.54, 1.807) is 0 Å². The summed E-state index contributed by atoms with van der Waals surface area (Å²) in [6.45, 7) is 10.3. The Morgan fingerprint density at radius 2 is 1.47 bits per heavy atom. The topological polar surface area (TPSA) is 0 Å². The molecule has 0 saturated carbocycles. The predicted molar refractivity (Wildman–Crippen MR) is 77.4 cm³/mol. The van der Waals surface area contributed by atoms with Gasteiger partial charge in [-0.2, -0.15) is 0 Å². The maximum absolute atomic E-state index is 3.73. The van der Waals surface area contributed by atoms with Gasteiger partial charge in [0.2, 0.25) is 0 Å². The van der Waals surface area contributed by atoms with Crippen molar-refractivity contribution in [3.63, 3.8) is 0 Å². The third-order valence-electron chi connectivity index (χ3n) is 3.50. The van der Waals surface area contributed by atoms with E-state index in [0.717, 1.165) is 0 Å². The lowest BCUT2D eigenvalue weighted by Gasteiger charge is -2.14. The zero-order valence-corrected chi connectivity index (χ0v) is 10.7. The van der Waals surface area contributed by atoms with E-state index in [4.69, 9.17) is 0 Å². The summed E-state index contributed by atoms with van der Waals surface area (Å²) in [6, 6.07) is 8.60. The van der Waals surface area contributed by atoms with Crippen LogP contribution in [0.3, 0.4) is 0 Å². The Kier molecular flexibility index (Phi) is 3.14. The van der Waals surface area contributed by atoms with Crippen LogP contribution in [-0.4, -0.2) is 0 Å². The zero-order chi connectivity index (χ0) is 12.4. The Morgan fingerprint density at radius 1 is 0.882 bits per heavy atom. The highest BCUT2D eigenvalue weighted by Crippen LogP contribution is 2.30. The first-order valence-electron chi connectivity index (χ1n) is 5.94. The molecule has 0 N–H and O–H groups in total. The molecular weight excluding hydrogens is 204 g/mol. The van der Waals surface area contributed by atoms with Crippen LogP contribution in [0, 0.1) is 20.8 Å². The van der Waals surface area contributed by atoms with Gasteiger partial charge in [0.15, 0.2) is 0 Å². The van der Waals surface area contributed by atoms with E-state index in [1.165, 1.54) is 33.0 Å². The molecule has 2 rings (SSSR count). The van der Waals surface area contributed by atoms with Crippen molar-refractivity contribution < 1.29 is 0 Å². The number of hydrogen-bond donors (Lipinski definition) is 0. The summed E-state index contributed by atoms with van der Waals surface area (Å²) in [7, 11) is 0. The number of benzene rings is 2. The van der Waals surface area contributed by atoms with Gasteiger partial charge in [0.1, 0.15) is 0 Å². The Bertz CT molecular complexity index is 601. The number of hydrogen-bond acceptors (Lipinski definition) is 0. The molecule has 0 aromatic heterocycles. The molecule has 0 nitrogen and oxygen atoms in total. The number of fused-ring (bicyclic) bond motifs is 1. The lowest BCUT2D eigenvalue weighted by molar-refractivity contribution is 1.32. The quantitative estimate of drug-likeness (QED) is 0.630. The summed E-state index contributed by atoms with van der Waals surface area (Å²) in [5, 5.41) is 2.71. The monoisotopic (exact) mass is 222 g/mol. The molecule has 0 bridgehead atoms. The molecule has 0 aliphatic rings. The van der Waals surface area contributed by atoms with Crippen LogP contribution in [0.25, 0.3) is 16.8 Å². The van der Waals surface area contributed by atoms with Crippen LogP contribution in [0.15, 0.2) is 43.0 Å². The van der Waals surface area contributed by atoms with E-state index in [-0.39, 0.29) is 0 Å². The molecule has 86 valence electrons. The summed E-state index contributed by atoms with van der Waals surface area (Å²) >= 11 is 0. The Hall–Kier alpha value is -1.82. The minimum atomic E-state index is 1.32. The highest BCUT2D eigenvalue weighted by molar-refractivity contribution is 5.92. The maximum Gasteiger partial charge on any atom is -0.0146 e. The van der Waals surface area contributed by atoms with E-state index < -0.39 is 0 Å². The molecule has 2 aromatic carbocycles. The highest BCUT2D eigenvalue weighted by atomic mass is 14.1. The summed E-state index contributed by atoms with van der Waals surface area (Å²) in [5.74, 6) is 0. The van der Waals surface area contributed by atoms with Crippen molar-refractivity contribution in [1.29, 1.82) is 0 Å². The predicted octanol–water partition coefficient (Wildman–Crippen LogP) is 4.96. The van der Waals surface area contributed by atoms with Gasteiger partial charge in [0.05, 0.1) is 0 Å². The van der Waals surface area contributed by atoms with Gasteiger partial charge in [-0.05, 0) is 53.8 Å². The van der Waals surface area contributed by atoms with E-state index in [2.05, 4.69) is 57.7 Å². The van der Waals surface area contributed by atoms with Crippen LogP contribution >= 0.6 is 0 Å². The molecule has 0 atom stereocenters. The Balaban J connectivity index is 2.86. The summed E-state index contributed by atoms with van der Waals surface area (Å²) in [5.41, 5.74) is 5.40. The standard InChI is InChI=1S/C17H18/c1-5-6-9-15-12(2)13(3)16-10-7-8-11-17(16)14(15)4/h5-11H,1H2,2-4H3/b9-6-. The fourth-order valence-corrected chi connectivity index (χ4v) is 2.38. The van der Waals surface area contributed by atoms with E-state index in [1.807, 2.05) is 12.2 Å². The SMILES string of the molecule is C=C/C=C\c1c(C)c(C)c2ccccc2c1C. The maximum atomic E-state index is 3.73. The first kappa shape index (κ1) is 11.7. The zero-order valence-electron chi connectivity index (χ0n) is 10.7. The Morgan fingerprint density at radius 3 is 2.06 bits per heavy atom. The largest absolute Gasteiger partial charge is 0.0991 e. The van der Waals surface area contributed by atoms with Gasteiger partial charge in [-0.25, -0.2) is 0 Å². The second-order valence-corrected chi connectivity index (χ2v) is 4.43. The van der Waals surface area contributed by atoms with Crippen molar-refractivity contribution in [2.75, 3.05) is 0 Å². The number of aryl methyl sites for hydroxylation is 2. The molecule has 0 fully saturated rings. The lowest BCUT2D eigenvalue weighted by atomic mass is 9.91. The molecule has 0 aliphatic carbocycles. The van der Waals surface area contributed by atoms with Crippen molar-refractivity contribution in [1.82, 2.24) is 0 Å². The molecule has 0 aliphatic heterocycles. The van der Waals surface area contributed by atoms with Crippen LogP contribution in [0.2, 0.25) is 0 Å². The third kappa shape index (κ3) is 1.91. The van der Waals surface area contributed by atoms with Crippen LogP contribution < -0.4 is 0 Å². The van der Waals surface area contributed by atoms with Gasteiger partial charge in [-0.15, -0.1) is 0 Å². The second kappa shape index (κ2) is 4.58. The highest BCUT2D eigenvalue weighted by Gasteiger charge is 2.08. The van der Waals surface area contributed by atoms with Crippen LogP contribution in [0.5, 0.6) is 0 Å². The average molecular weight is 222 g/mol. The van der Waals surface area contributed by atoms with E-state index in [9.17, 15) is 0 Å². The van der Waals surface area contributed by atoms with Crippen molar-refractivity contribution >= 4 is 16.8 Å². The first-order valence-corrected chi connectivity index (χ1v) is 5.94. The fraction of sp³-hybridized carbons (Fsp3) is 0.176. The van der Waals surface area contributed by atoms with Crippen molar-refractivity contribution in [3.05, 3.63) is 65.3 Å². The minimum Gasteiger partial charge on any atom is -0.0991 e. The number of allylic oxidation sites excluding steroid dienone is 2. The van der Waals surface area contributed by atoms with Gasteiger partial charge < -0.3 is 0 Å². The molecule has 2 aromatic rings. The summed E-state index contributed by atoms with van der Waals surface area (Å²) in [4.78, 5) is 0. The molecule has 17 heavy (non-hydrogen) atoms. The molecule has 0 radical (unpaired) electrons. The molecular formula is C17H18. The van der Waals surface area contributed by atoms with Crippen molar-refractivity contribution in [3.8, 4) is 0 Å². The van der Waals surface area contributed by atoms with Gasteiger partial charge >= 0.3 is 0 Å².